The van der Waals surface area contributed by atoms with Crippen LogP contribution in [0.25, 0.3) is 10.9 Å². The van der Waals surface area contributed by atoms with Gasteiger partial charge in [0.15, 0.2) is 0 Å². The normalized spacial score (nSPS) is 12.3. The van der Waals surface area contributed by atoms with E-state index in [-0.39, 0.29) is 12.0 Å². The lowest BCUT2D eigenvalue weighted by atomic mass is 9.92. The van der Waals surface area contributed by atoms with Crippen molar-refractivity contribution in [1.29, 1.82) is 0 Å². The van der Waals surface area contributed by atoms with E-state index in [1.807, 2.05) is 18.2 Å². The van der Waals surface area contributed by atoms with E-state index in [4.69, 9.17) is 0 Å². The van der Waals surface area contributed by atoms with Crippen LogP contribution in [0, 0.1) is 0 Å². The van der Waals surface area contributed by atoms with Crippen LogP contribution in [0.1, 0.15) is 32.0 Å². The molecule has 15 heavy (non-hydrogen) atoms. The molecule has 80 valence electrons. The number of aliphatic hydroxyl groups is 1. The molecule has 0 unspecified atom stereocenters. The van der Waals surface area contributed by atoms with Gasteiger partial charge in [-0.05, 0) is 17.7 Å². The highest BCUT2D eigenvalue weighted by Crippen LogP contribution is 2.27. The number of benzene rings is 1. The maximum atomic E-state index is 9.23. The molecule has 0 saturated carbocycles. The van der Waals surface area contributed by atoms with Gasteiger partial charge >= 0.3 is 0 Å². The SMILES string of the molecule is CC(C)(C)c1cc2c(CO)cccc2[nH]1. The maximum Gasteiger partial charge on any atom is 0.0688 e. The highest BCUT2D eigenvalue weighted by Gasteiger charge is 2.16. The van der Waals surface area contributed by atoms with Gasteiger partial charge in [0.05, 0.1) is 6.61 Å². The van der Waals surface area contributed by atoms with Crippen molar-refractivity contribution >= 4 is 10.9 Å². The van der Waals surface area contributed by atoms with Crippen molar-refractivity contribution in [3.8, 4) is 0 Å². The Balaban J connectivity index is 2.65. The van der Waals surface area contributed by atoms with Crippen molar-refractivity contribution < 1.29 is 5.11 Å². The van der Waals surface area contributed by atoms with Crippen LogP contribution in [-0.4, -0.2) is 10.1 Å². The van der Waals surface area contributed by atoms with Crippen molar-refractivity contribution in [3.05, 3.63) is 35.5 Å². The number of hydrogen-bond donors (Lipinski definition) is 2. The van der Waals surface area contributed by atoms with Gasteiger partial charge in [-0.15, -0.1) is 0 Å². The summed E-state index contributed by atoms with van der Waals surface area (Å²) in [6.45, 7) is 6.63. The van der Waals surface area contributed by atoms with Crippen molar-refractivity contribution in [3.63, 3.8) is 0 Å². The fraction of sp³-hybridized carbons (Fsp3) is 0.385. The molecule has 1 aromatic heterocycles. The average molecular weight is 203 g/mol. The first-order valence-electron chi connectivity index (χ1n) is 5.24. The van der Waals surface area contributed by atoms with E-state index in [2.05, 4.69) is 31.8 Å². The van der Waals surface area contributed by atoms with Gasteiger partial charge in [0.25, 0.3) is 0 Å². The molecule has 0 saturated heterocycles. The Hall–Kier alpha value is -1.28. The lowest BCUT2D eigenvalue weighted by Gasteiger charge is -2.15. The molecule has 0 aliphatic rings. The second kappa shape index (κ2) is 3.38. The lowest BCUT2D eigenvalue weighted by Crippen LogP contribution is -2.10. The third-order valence-electron chi connectivity index (χ3n) is 2.73. The summed E-state index contributed by atoms with van der Waals surface area (Å²) in [6.07, 6.45) is 0. The van der Waals surface area contributed by atoms with Crippen LogP contribution in [0.3, 0.4) is 0 Å². The molecular formula is C13H17NO. The molecule has 2 rings (SSSR count). The summed E-state index contributed by atoms with van der Waals surface area (Å²) in [6, 6.07) is 8.12. The van der Waals surface area contributed by atoms with Crippen LogP contribution >= 0.6 is 0 Å². The van der Waals surface area contributed by atoms with Crippen LogP contribution < -0.4 is 0 Å². The monoisotopic (exact) mass is 203 g/mol. The van der Waals surface area contributed by atoms with E-state index >= 15 is 0 Å². The Kier molecular flexibility index (Phi) is 2.31. The van der Waals surface area contributed by atoms with Gasteiger partial charge in [-0.1, -0.05) is 32.9 Å². The molecule has 2 heteroatoms. The largest absolute Gasteiger partial charge is 0.392 e. The average Bonchev–Trinajstić information content (AvgIpc) is 2.59. The Morgan fingerprint density at radius 1 is 1.27 bits per heavy atom. The smallest absolute Gasteiger partial charge is 0.0688 e. The number of nitrogens with one attached hydrogen (secondary N) is 1. The van der Waals surface area contributed by atoms with Crippen molar-refractivity contribution in [2.45, 2.75) is 32.8 Å². The fourth-order valence-corrected chi connectivity index (χ4v) is 1.76. The summed E-state index contributed by atoms with van der Waals surface area (Å²) in [5.74, 6) is 0. The van der Waals surface area contributed by atoms with Crippen LogP contribution in [0.5, 0.6) is 0 Å². The van der Waals surface area contributed by atoms with E-state index in [0.717, 1.165) is 16.5 Å². The van der Waals surface area contributed by atoms with E-state index in [1.54, 1.807) is 0 Å². The minimum Gasteiger partial charge on any atom is -0.392 e. The summed E-state index contributed by atoms with van der Waals surface area (Å²) < 4.78 is 0. The predicted molar refractivity (Wildman–Crippen MR) is 62.9 cm³/mol. The predicted octanol–water partition coefficient (Wildman–Crippen LogP) is 2.96. The minimum absolute atomic E-state index is 0.0960. The molecule has 2 N–H and O–H groups in total. The molecule has 0 atom stereocenters. The molecule has 0 bridgehead atoms. The van der Waals surface area contributed by atoms with Crippen LogP contribution in [0.2, 0.25) is 0 Å². The molecule has 2 nitrogen and oxygen atoms in total. The van der Waals surface area contributed by atoms with Gasteiger partial charge in [0, 0.05) is 22.0 Å². The number of aromatic nitrogens is 1. The summed E-state index contributed by atoms with van der Waals surface area (Å²) >= 11 is 0. The quantitative estimate of drug-likeness (QED) is 0.734. The highest BCUT2D eigenvalue weighted by atomic mass is 16.3. The van der Waals surface area contributed by atoms with Crippen LogP contribution in [0.15, 0.2) is 24.3 Å². The molecule has 0 aliphatic heterocycles. The minimum atomic E-state index is 0.0960. The summed E-state index contributed by atoms with van der Waals surface area (Å²) in [7, 11) is 0. The first-order valence-corrected chi connectivity index (χ1v) is 5.24. The topological polar surface area (TPSA) is 36.0 Å². The Morgan fingerprint density at radius 3 is 2.60 bits per heavy atom. The van der Waals surface area contributed by atoms with Crippen molar-refractivity contribution in [1.82, 2.24) is 4.98 Å². The van der Waals surface area contributed by atoms with Gasteiger partial charge < -0.3 is 10.1 Å². The molecule has 0 aliphatic carbocycles. The van der Waals surface area contributed by atoms with E-state index in [9.17, 15) is 5.11 Å². The van der Waals surface area contributed by atoms with Gasteiger partial charge in [0.1, 0.15) is 0 Å². The lowest BCUT2D eigenvalue weighted by molar-refractivity contribution is 0.283. The molecule has 0 fully saturated rings. The first-order chi connectivity index (χ1) is 7.02. The standard InChI is InChI=1S/C13H17NO/c1-13(2,3)12-7-10-9(8-15)5-4-6-11(10)14-12/h4-7,14-15H,8H2,1-3H3. The zero-order valence-electron chi connectivity index (χ0n) is 9.46. The first kappa shape index (κ1) is 10.2. The van der Waals surface area contributed by atoms with Crippen molar-refractivity contribution in [2.75, 3.05) is 0 Å². The summed E-state index contributed by atoms with van der Waals surface area (Å²) in [5.41, 5.74) is 3.41. The van der Waals surface area contributed by atoms with E-state index in [0.29, 0.717) is 0 Å². The number of aliphatic hydroxyl groups excluding tert-OH is 1. The maximum absolute atomic E-state index is 9.23. The Labute approximate surface area is 89.9 Å². The van der Waals surface area contributed by atoms with Gasteiger partial charge in [-0.3, -0.25) is 0 Å². The molecule has 0 radical (unpaired) electrons. The Morgan fingerprint density at radius 2 is 2.00 bits per heavy atom. The number of rotatable bonds is 1. The van der Waals surface area contributed by atoms with E-state index in [1.165, 1.54) is 5.69 Å². The zero-order valence-corrected chi connectivity index (χ0v) is 9.46. The summed E-state index contributed by atoms with van der Waals surface area (Å²) in [5, 5.41) is 10.4. The van der Waals surface area contributed by atoms with Gasteiger partial charge in [-0.2, -0.15) is 0 Å². The number of hydrogen-bond acceptors (Lipinski definition) is 1. The molecule has 0 spiro atoms. The van der Waals surface area contributed by atoms with Crippen LogP contribution in [0.4, 0.5) is 0 Å². The number of H-pyrrole nitrogens is 1. The molecular weight excluding hydrogens is 186 g/mol. The van der Waals surface area contributed by atoms with Crippen molar-refractivity contribution in [2.24, 2.45) is 0 Å². The fourth-order valence-electron chi connectivity index (χ4n) is 1.76. The van der Waals surface area contributed by atoms with E-state index < -0.39 is 0 Å². The number of aromatic amines is 1. The summed E-state index contributed by atoms with van der Waals surface area (Å²) in [4.78, 5) is 3.40. The molecule has 1 aromatic carbocycles. The number of fused-ring (bicyclic) bond motifs is 1. The van der Waals surface area contributed by atoms with Crippen LogP contribution in [-0.2, 0) is 12.0 Å². The second-order valence-electron chi connectivity index (χ2n) is 4.97. The zero-order chi connectivity index (χ0) is 11.1. The second-order valence-corrected chi connectivity index (χ2v) is 4.97. The van der Waals surface area contributed by atoms with Gasteiger partial charge in [0.2, 0.25) is 0 Å². The molecule has 2 aromatic rings. The third-order valence-corrected chi connectivity index (χ3v) is 2.73. The highest BCUT2D eigenvalue weighted by molar-refractivity contribution is 5.84. The Bertz CT molecular complexity index is 477. The molecule has 1 heterocycles. The van der Waals surface area contributed by atoms with Gasteiger partial charge in [-0.25, -0.2) is 0 Å². The molecule has 0 amide bonds. The third kappa shape index (κ3) is 1.77.